The van der Waals surface area contributed by atoms with E-state index in [1.165, 1.54) is 0 Å². The van der Waals surface area contributed by atoms with E-state index >= 15 is 0 Å². The van der Waals surface area contributed by atoms with Crippen LogP contribution < -0.4 is 5.32 Å². The minimum Gasteiger partial charge on any atom is -0.352 e. The third kappa shape index (κ3) is 8.75. The van der Waals surface area contributed by atoms with E-state index in [2.05, 4.69) is 5.32 Å². The molecular weight excluding hydrogens is 476 g/mol. The third-order valence-corrected chi connectivity index (χ3v) is 7.13. The van der Waals surface area contributed by atoms with Gasteiger partial charge in [0.15, 0.2) is 0 Å². The average molecular weight is 509 g/mol. The fourth-order valence-corrected chi connectivity index (χ4v) is 4.69. The molecule has 0 aliphatic heterocycles. The Morgan fingerprint density at radius 1 is 0.914 bits per heavy atom. The highest BCUT2D eigenvalue weighted by molar-refractivity contribution is 7.99. The van der Waals surface area contributed by atoms with E-state index in [9.17, 15) is 9.59 Å². The van der Waals surface area contributed by atoms with Crippen molar-refractivity contribution in [3.8, 4) is 0 Å². The first-order valence-corrected chi connectivity index (χ1v) is 13.4. The molecule has 0 aliphatic rings. The van der Waals surface area contributed by atoms with Gasteiger partial charge >= 0.3 is 0 Å². The van der Waals surface area contributed by atoms with Gasteiger partial charge in [-0.1, -0.05) is 79.2 Å². The minimum absolute atomic E-state index is 0.0295. The molecule has 0 heterocycles. The van der Waals surface area contributed by atoms with Crippen molar-refractivity contribution in [3.63, 3.8) is 0 Å². The van der Waals surface area contributed by atoms with Gasteiger partial charge in [-0.2, -0.15) is 0 Å². The van der Waals surface area contributed by atoms with Crippen LogP contribution >= 0.6 is 23.4 Å². The zero-order valence-corrected chi connectivity index (χ0v) is 21.9. The van der Waals surface area contributed by atoms with Gasteiger partial charge in [0.25, 0.3) is 0 Å². The molecule has 0 saturated heterocycles. The largest absolute Gasteiger partial charge is 0.352 e. The van der Waals surface area contributed by atoms with Gasteiger partial charge < -0.3 is 10.2 Å². The molecule has 4 nitrogen and oxygen atoms in total. The second-order valence-electron chi connectivity index (χ2n) is 8.58. The molecule has 3 aromatic carbocycles. The number of carbonyl (C=O) groups excluding carboxylic acids is 2. The summed E-state index contributed by atoms with van der Waals surface area (Å²) >= 11 is 7.73. The van der Waals surface area contributed by atoms with Crippen LogP contribution in [0.3, 0.4) is 0 Å². The van der Waals surface area contributed by atoms with Crippen LogP contribution in [0, 0.1) is 0 Å². The molecule has 0 radical (unpaired) electrons. The van der Waals surface area contributed by atoms with Crippen LogP contribution in [0.4, 0.5) is 0 Å². The Morgan fingerprint density at radius 2 is 1.54 bits per heavy atom. The van der Waals surface area contributed by atoms with Crippen molar-refractivity contribution in [1.82, 2.24) is 10.2 Å². The van der Waals surface area contributed by atoms with Gasteiger partial charge in [-0.25, -0.2) is 0 Å². The monoisotopic (exact) mass is 508 g/mol. The zero-order chi connectivity index (χ0) is 25.0. The van der Waals surface area contributed by atoms with Gasteiger partial charge in [0.1, 0.15) is 6.04 Å². The first kappa shape index (κ1) is 26.8. The Kier molecular flexibility index (Phi) is 10.7. The van der Waals surface area contributed by atoms with Crippen LogP contribution in [-0.4, -0.2) is 34.6 Å². The normalized spacial score (nSPS) is 12.5. The maximum Gasteiger partial charge on any atom is 0.243 e. The summed E-state index contributed by atoms with van der Waals surface area (Å²) in [5.74, 6) is 0.482. The SMILES string of the molecule is CC[C@H](C)NC(=O)[C@@H](Cc1ccccc1)N(Cc1ccc(Cl)cc1)C(=O)CCSc1ccccc1. The predicted octanol–water partition coefficient (Wildman–Crippen LogP) is 6.38. The van der Waals surface area contributed by atoms with Crippen molar-refractivity contribution in [2.45, 2.75) is 56.6 Å². The van der Waals surface area contributed by atoms with Crippen molar-refractivity contribution >= 4 is 35.2 Å². The number of halogens is 1. The van der Waals surface area contributed by atoms with Gasteiger partial charge in [-0.3, -0.25) is 9.59 Å². The number of hydrogen-bond donors (Lipinski definition) is 1. The molecule has 0 saturated carbocycles. The molecule has 0 spiro atoms. The van der Waals surface area contributed by atoms with E-state index in [1.807, 2.05) is 98.8 Å². The first-order valence-electron chi connectivity index (χ1n) is 12.0. The van der Waals surface area contributed by atoms with E-state index < -0.39 is 6.04 Å². The van der Waals surface area contributed by atoms with E-state index in [0.29, 0.717) is 30.2 Å². The zero-order valence-electron chi connectivity index (χ0n) is 20.3. The summed E-state index contributed by atoms with van der Waals surface area (Å²) in [6.07, 6.45) is 1.62. The quantitative estimate of drug-likeness (QED) is 0.289. The Bertz CT molecular complexity index is 1060. The van der Waals surface area contributed by atoms with Gasteiger partial charge in [-0.15, -0.1) is 11.8 Å². The lowest BCUT2D eigenvalue weighted by molar-refractivity contribution is -0.141. The molecule has 0 unspecified atom stereocenters. The highest BCUT2D eigenvalue weighted by Gasteiger charge is 2.30. The molecule has 0 fully saturated rings. The summed E-state index contributed by atoms with van der Waals surface area (Å²) in [5.41, 5.74) is 1.96. The van der Waals surface area contributed by atoms with Crippen molar-refractivity contribution in [3.05, 3.63) is 101 Å². The molecular formula is C29H33ClN2O2S. The molecule has 2 atom stereocenters. The van der Waals surface area contributed by atoms with Crippen LogP contribution in [0.1, 0.15) is 37.8 Å². The molecule has 3 rings (SSSR count). The molecule has 0 bridgehead atoms. The van der Waals surface area contributed by atoms with Crippen molar-refractivity contribution in [2.75, 3.05) is 5.75 Å². The van der Waals surface area contributed by atoms with E-state index in [1.54, 1.807) is 16.7 Å². The Morgan fingerprint density at radius 3 is 2.17 bits per heavy atom. The van der Waals surface area contributed by atoms with Crippen LogP contribution in [0.25, 0.3) is 0 Å². The average Bonchev–Trinajstić information content (AvgIpc) is 2.88. The lowest BCUT2D eigenvalue weighted by Gasteiger charge is -2.32. The topological polar surface area (TPSA) is 49.4 Å². The molecule has 1 N–H and O–H groups in total. The summed E-state index contributed by atoms with van der Waals surface area (Å²) in [4.78, 5) is 29.9. The second kappa shape index (κ2) is 14.0. The minimum atomic E-state index is -0.615. The standard InChI is InChI=1S/C29H33ClN2O2S/c1-3-22(2)31-29(34)27(20-23-10-6-4-7-11-23)32(21-24-14-16-25(30)17-15-24)28(33)18-19-35-26-12-8-5-9-13-26/h4-17,22,27H,3,18-21H2,1-2H3,(H,31,34)/t22-,27+/m0/s1. The lowest BCUT2D eigenvalue weighted by Crippen LogP contribution is -2.52. The summed E-state index contributed by atoms with van der Waals surface area (Å²) in [6, 6.07) is 26.8. The summed E-state index contributed by atoms with van der Waals surface area (Å²) < 4.78 is 0. The molecule has 184 valence electrons. The molecule has 2 amide bonds. The Labute approximate surface area is 218 Å². The highest BCUT2D eigenvalue weighted by Crippen LogP contribution is 2.21. The smallest absolute Gasteiger partial charge is 0.243 e. The molecule has 3 aromatic rings. The number of carbonyl (C=O) groups is 2. The van der Waals surface area contributed by atoms with E-state index in [0.717, 1.165) is 22.4 Å². The van der Waals surface area contributed by atoms with Crippen molar-refractivity contribution < 1.29 is 9.59 Å². The van der Waals surface area contributed by atoms with Crippen LogP contribution in [0.5, 0.6) is 0 Å². The first-order chi connectivity index (χ1) is 17.0. The summed E-state index contributed by atoms with van der Waals surface area (Å²) in [6.45, 7) is 4.37. The molecule has 0 aliphatic carbocycles. The van der Waals surface area contributed by atoms with Gasteiger partial charge in [0, 0.05) is 41.1 Å². The number of nitrogens with zero attached hydrogens (tertiary/aromatic N) is 1. The van der Waals surface area contributed by atoms with Crippen LogP contribution in [0.2, 0.25) is 5.02 Å². The predicted molar refractivity (Wildman–Crippen MR) is 146 cm³/mol. The Balaban J connectivity index is 1.85. The number of rotatable bonds is 12. The maximum atomic E-state index is 13.6. The molecule has 35 heavy (non-hydrogen) atoms. The van der Waals surface area contributed by atoms with Crippen LogP contribution in [-0.2, 0) is 22.6 Å². The number of amides is 2. The highest BCUT2D eigenvalue weighted by atomic mass is 35.5. The van der Waals surface area contributed by atoms with Gasteiger partial charge in [0.2, 0.25) is 11.8 Å². The van der Waals surface area contributed by atoms with Gasteiger partial charge in [-0.05, 0) is 48.7 Å². The molecule has 0 aromatic heterocycles. The lowest BCUT2D eigenvalue weighted by atomic mass is 10.0. The van der Waals surface area contributed by atoms with E-state index in [-0.39, 0.29) is 17.9 Å². The van der Waals surface area contributed by atoms with Gasteiger partial charge in [0.05, 0.1) is 0 Å². The van der Waals surface area contributed by atoms with Crippen molar-refractivity contribution in [2.24, 2.45) is 0 Å². The van der Waals surface area contributed by atoms with Crippen molar-refractivity contribution in [1.29, 1.82) is 0 Å². The number of nitrogens with one attached hydrogen (secondary N) is 1. The number of thioether (sulfide) groups is 1. The number of benzene rings is 3. The fourth-order valence-electron chi connectivity index (χ4n) is 3.70. The summed E-state index contributed by atoms with van der Waals surface area (Å²) in [5, 5.41) is 3.74. The van der Waals surface area contributed by atoms with Crippen LogP contribution in [0.15, 0.2) is 89.8 Å². The number of hydrogen-bond acceptors (Lipinski definition) is 3. The third-order valence-electron chi connectivity index (χ3n) is 5.87. The second-order valence-corrected chi connectivity index (χ2v) is 10.2. The van der Waals surface area contributed by atoms with E-state index in [4.69, 9.17) is 11.6 Å². The maximum absolute atomic E-state index is 13.6. The Hall–Kier alpha value is -2.76. The summed E-state index contributed by atoms with van der Waals surface area (Å²) in [7, 11) is 0. The molecule has 6 heteroatoms. The fraction of sp³-hybridized carbons (Fsp3) is 0.310.